The predicted octanol–water partition coefficient (Wildman–Crippen LogP) is 0.793. The van der Waals surface area contributed by atoms with Crippen molar-refractivity contribution >= 4 is 17.7 Å². The SMILES string of the molecule is C=CC(=O)N=NN(C(=O)C=C)C(=O)C=C. The van der Waals surface area contributed by atoms with E-state index in [9.17, 15) is 14.4 Å². The molecule has 0 saturated heterocycles. The van der Waals surface area contributed by atoms with E-state index >= 15 is 0 Å². The highest BCUT2D eigenvalue weighted by Gasteiger charge is 2.15. The third-order valence-corrected chi connectivity index (χ3v) is 1.17. The number of imide groups is 1. The lowest BCUT2D eigenvalue weighted by atomic mass is 10.5. The molecule has 78 valence electrons. The topological polar surface area (TPSA) is 79.2 Å². The molecule has 0 spiro atoms. The summed E-state index contributed by atoms with van der Waals surface area (Å²) < 4.78 is 0. The van der Waals surface area contributed by atoms with Gasteiger partial charge in [0.05, 0.1) is 0 Å². The van der Waals surface area contributed by atoms with Gasteiger partial charge in [0.25, 0.3) is 17.7 Å². The third kappa shape index (κ3) is 3.90. The minimum absolute atomic E-state index is 0.362. The predicted molar refractivity (Wildman–Crippen MR) is 52.3 cm³/mol. The fraction of sp³-hybridized carbons (Fsp3) is 0. The van der Waals surface area contributed by atoms with Crippen LogP contribution >= 0.6 is 0 Å². The average molecular weight is 207 g/mol. The summed E-state index contributed by atoms with van der Waals surface area (Å²) in [7, 11) is 0. The molecular weight excluding hydrogens is 198 g/mol. The van der Waals surface area contributed by atoms with Crippen LogP contribution in [0.15, 0.2) is 48.3 Å². The molecule has 0 rings (SSSR count). The Morgan fingerprint density at radius 1 is 0.933 bits per heavy atom. The molecule has 0 aromatic carbocycles. The molecule has 0 bridgehead atoms. The van der Waals surface area contributed by atoms with Gasteiger partial charge in [-0.3, -0.25) is 14.4 Å². The van der Waals surface area contributed by atoms with E-state index in [0.29, 0.717) is 5.01 Å². The Bertz CT molecular complexity index is 338. The van der Waals surface area contributed by atoms with Crippen molar-refractivity contribution in [3.8, 4) is 0 Å². The van der Waals surface area contributed by atoms with Crippen molar-refractivity contribution in [2.75, 3.05) is 0 Å². The lowest BCUT2D eigenvalue weighted by Gasteiger charge is -2.07. The van der Waals surface area contributed by atoms with Crippen LogP contribution in [0.25, 0.3) is 0 Å². The minimum atomic E-state index is -0.805. The van der Waals surface area contributed by atoms with Crippen LogP contribution in [0.1, 0.15) is 0 Å². The fourth-order valence-electron chi connectivity index (χ4n) is 0.499. The highest BCUT2D eigenvalue weighted by Crippen LogP contribution is 1.96. The molecule has 0 radical (unpaired) electrons. The molecule has 0 aliphatic carbocycles. The molecule has 3 amide bonds. The first-order valence-electron chi connectivity index (χ1n) is 3.77. The molecule has 0 aromatic heterocycles. The highest BCUT2D eigenvalue weighted by atomic mass is 16.2. The lowest BCUT2D eigenvalue weighted by Crippen LogP contribution is -2.28. The first kappa shape index (κ1) is 12.6. The van der Waals surface area contributed by atoms with Crippen LogP contribution in [0, 0.1) is 0 Å². The summed E-state index contributed by atoms with van der Waals surface area (Å²) in [5.74, 6) is -2.38. The third-order valence-electron chi connectivity index (χ3n) is 1.17. The van der Waals surface area contributed by atoms with Gasteiger partial charge in [0.2, 0.25) is 0 Å². The molecular formula is C9H9N3O3. The van der Waals surface area contributed by atoms with Crippen molar-refractivity contribution in [2.45, 2.75) is 0 Å². The number of hydrogen-bond donors (Lipinski definition) is 0. The highest BCUT2D eigenvalue weighted by molar-refractivity contribution is 6.04. The second-order valence-electron chi connectivity index (χ2n) is 2.13. The van der Waals surface area contributed by atoms with Gasteiger partial charge in [-0.15, -0.1) is 5.01 Å². The van der Waals surface area contributed by atoms with E-state index in [0.717, 1.165) is 18.2 Å². The Morgan fingerprint density at radius 2 is 1.40 bits per heavy atom. The maximum absolute atomic E-state index is 11.1. The average Bonchev–Trinajstić information content (AvgIpc) is 2.27. The zero-order valence-electron chi connectivity index (χ0n) is 7.92. The Labute approximate surface area is 86.3 Å². The van der Waals surface area contributed by atoms with Crippen molar-refractivity contribution in [3.63, 3.8) is 0 Å². The Balaban J connectivity index is 4.87. The Kier molecular flexibility index (Phi) is 5.17. The van der Waals surface area contributed by atoms with Crippen molar-refractivity contribution < 1.29 is 14.4 Å². The minimum Gasteiger partial charge on any atom is -0.267 e. The number of carbonyl (C=O) groups excluding carboxylic acids is 3. The van der Waals surface area contributed by atoms with Crippen LogP contribution in [0.5, 0.6) is 0 Å². The van der Waals surface area contributed by atoms with Crippen molar-refractivity contribution in [2.24, 2.45) is 10.3 Å². The summed E-state index contributed by atoms with van der Waals surface area (Å²) in [6.07, 6.45) is 2.61. The summed E-state index contributed by atoms with van der Waals surface area (Å²) in [6, 6.07) is 0. The molecule has 6 nitrogen and oxygen atoms in total. The van der Waals surface area contributed by atoms with Gasteiger partial charge in [0, 0.05) is 0 Å². The summed E-state index contributed by atoms with van der Waals surface area (Å²) in [5, 5.41) is 6.53. The van der Waals surface area contributed by atoms with Gasteiger partial charge < -0.3 is 0 Å². The normalized spacial score (nSPS) is 9.33. The molecule has 0 atom stereocenters. The maximum Gasteiger partial charge on any atom is 0.289 e. The zero-order chi connectivity index (χ0) is 11.8. The van der Waals surface area contributed by atoms with Crippen LogP contribution in [-0.4, -0.2) is 22.7 Å². The molecule has 6 heteroatoms. The Hall–Kier alpha value is -2.37. The monoisotopic (exact) mass is 207 g/mol. The Morgan fingerprint density at radius 3 is 1.73 bits per heavy atom. The summed E-state index contributed by atoms with van der Waals surface area (Å²) in [6.45, 7) is 9.46. The van der Waals surface area contributed by atoms with Gasteiger partial charge in [-0.2, -0.15) is 0 Å². The molecule has 0 fully saturated rings. The van der Waals surface area contributed by atoms with Gasteiger partial charge in [-0.05, 0) is 18.2 Å². The van der Waals surface area contributed by atoms with Crippen molar-refractivity contribution in [1.82, 2.24) is 5.01 Å². The summed E-state index contributed by atoms with van der Waals surface area (Å²) in [5.41, 5.74) is 0. The van der Waals surface area contributed by atoms with Gasteiger partial charge in [-0.25, -0.2) is 0 Å². The van der Waals surface area contributed by atoms with Gasteiger partial charge in [0.15, 0.2) is 0 Å². The number of amides is 3. The van der Waals surface area contributed by atoms with Gasteiger partial charge in [-0.1, -0.05) is 30.1 Å². The van der Waals surface area contributed by atoms with Crippen LogP contribution < -0.4 is 0 Å². The number of carbonyl (C=O) groups is 3. The van der Waals surface area contributed by atoms with E-state index in [2.05, 4.69) is 30.1 Å². The molecule has 0 aliphatic heterocycles. The van der Waals surface area contributed by atoms with Gasteiger partial charge in [0.1, 0.15) is 0 Å². The van der Waals surface area contributed by atoms with Crippen molar-refractivity contribution in [1.29, 1.82) is 0 Å². The lowest BCUT2D eigenvalue weighted by molar-refractivity contribution is -0.139. The largest absolute Gasteiger partial charge is 0.289 e. The quantitative estimate of drug-likeness (QED) is 0.388. The fourth-order valence-corrected chi connectivity index (χ4v) is 0.499. The molecule has 0 N–H and O–H groups in total. The molecule has 0 aromatic rings. The van der Waals surface area contributed by atoms with E-state index in [4.69, 9.17) is 0 Å². The van der Waals surface area contributed by atoms with Crippen LogP contribution in [0.2, 0.25) is 0 Å². The maximum atomic E-state index is 11.1. The van der Waals surface area contributed by atoms with E-state index in [1.807, 2.05) is 0 Å². The first-order valence-corrected chi connectivity index (χ1v) is 3.77. The van der Waals surface area contributed by atoms with Gasteiger partial charge >= 0.3 is 0 Å². The van der Waals surface area contributed by atoms with Crippen LogP contribution in [0.3, 0.4) is 0 Å². The number of nitrogens with zero attached hydrogens (tertiary/aromatic N) is 3. The van der Waals surface area contributed by atoms with Crippen molar-refractivity contribution in [3.05, 3.63) is 38.0 Å². The molecule has 0 aliphatic rings. The molecule has 0 unspecified atom stereocenters. The second kappa shape index (κ2) is 6.14. The number of hydrogen-bond acceptors (Lipinski definition) is 4. The van der Waals surface area contributed by atoms with E-state index < -0.39 is 17.7 Å². The molecule has 15 heavy (non-hydrogen) atoms. The second-order valence-corrected chi connectivity index (χ2v) is 2.13. The smallest absolute Gasteiger partial charge is 0.267 e. The zero-order valence-corrected chi connectivity index (χ0v) is 7.92. The van der Waals surface area contributed by atoms with E-state index in [-0.39, 0.29) is 0 Å². The first-order chi connectivity index (χ1) is 7.06. The summed E-state index contributed by atoms with van der Waals surface area (Å²) in [4.78, 5) is 32.8. The standard InChI is InChI=1S/C9H9N3O3/c1-4-7(13)10-11-12(8(14)5-2)9(15)6-3/h4-6H,1-3H2. The molecule has 0 saturated carbocycles. The number of rotatable bonds is 4. The van der Waals surface area contributed by atoms with Crippen LogP contribution in [0.4, 0.5) is 0 Å². The molecule has 0 heterocycles. The van der Waals surface area contributed by atoms with E-state index in [1.165, 1.54) is 0 Å². The van der Waals surface area contributed by atoms with E-state index in [1.54, 1.807) is 0 Å². The summed E-state index contributed by atoms with van der Waals surface area (Å²) >= 11 is 0. The van der Waals surface area contributed by atoms with Crippen LogP contribution in [-0.2, 0) is 14.4 Å².